The fraction of sp³-hybridized carbons (Fsp3) is 0.435. The molecular weight excluding hydrogens is 530 g/mol. The van der Waals surface area contributed by atoms with Crippen molar-refractivity contribution in [1.82, 2.24) is 16.0 Å². The lowest BCUT2D eigenvalue weighted by Crippen LogP contribution is -2.58. The molecule has 0 aromatic heterocycles. The first kappa shape index (κ1) is 33.1. The third-order valence-corrected chi connectivity index (χ3v) is 5.37. The van der Waals surface area contributed by atoms with Gasteiger partial charge in [-0.1, -0.05) is 12.1 Å². The van der Waals surface area contributed by atoms with E-state index in [0.29, 0.717) is 5.56 Å². The maximum atomic E-state index is 13.1. The van der Waals surface area contributed by atoms with Crippen LogP contribution in [0, 0.1) is 0 Å². The standard InChI is InChI=1S/C23H35N9O8/c24-13(8-11-3-5-12(33)6-4-11)19(36)30-14(2-1-7-29-23(27)28)20(37)31-15(9-17(25)34)21(38)32-16(22(39)40)10-18(26)35/h3-6,13-16,33H,1-2,7-10,24H2,(H2,25,34)(H2,26,35)(H,30,36)(H,31,37)(H,32,38)(H,39,40)(H4,27,28,29). The van der Waals surface area contributed by atoms with Gasteiger partial charge in [0.25, 0.3) is 0 Å². The molecule has 17 heteroatoms. The Labute approximate surface area is 228 Å². The highest BCUT2D eigenvalue weighted by molar-refractivity contribution is 5.96. The van der Waals surface area contributed by atoms with Gasteiger partial charge in [-0.15, -0.1) is 0 Å². The summed E-state index contributed by atoms with van der Waals surface area (Å²) in [4.78, 5) is 76.5. The molecule has 0 saturated carbocycles. The van der Waals surface area contributed by atoms with E-state index >= 15 is 0 Å². The maximum Gasteiger partial charge on any atom is 0.326 e. The Hall–Kier alpha value is -4.93. The molecule has 5 amide bonds. The van der Waals surface area contributed by atoms with E-state index < -0.39 is 72.5 Å². The summed E-state index contributed by atoms with van der Waals surface area (Å²) in [7, 11) is 0. The zero-order valence-corrected chi connectivity index (χ0v) is 21.5. The fourth-order valence-corrected chi connectivity index (χ4v) is 3.39. The summed E-state index contributed by atoms with van der Waals surface area (Å²) in [5.41, 5.74) is 27.4. The number of guanidine groups is 1. The summed E-state index contributed by atoms with van der Waals surface area (Å²) >= 11 is 0. The van der Waals surface area contributed by atoms with Gasteiger partial charge in [0, 0.05) is 6.54 Å². The Kier molecular flexibility index (Phi) is 13.3. The van der Waals surface area contributed by atoms with Gasteiger partial charge in [-0.05, 0) is 37.0 Å². The minimum atomic E-state index is -1.73. The minimum absolute atomic E-state index is 0.0232. The van der Waals surface area contributed by atoms with Gasteiger partial charge in [-0.3, -0.25) is 29.0 Å². The average Bonchev–Trinajstić information content (AvgIpc) is 2.85. The first-order chi connectivity index (χ1) is 18.7. The van der Waals surface area contributed by atoms with Gasteiger partial charge in [-0.25, -0.2) is 4.79 Å². The number of nitrogens with zero attached hydrogens (tertiary/aromatic N) is 1. The van der Waals surface area contributed by atoms with Crippen molar-refractivity contribution in [3.05, 3.63) is 29.8 Å². The summed E-state index contributed by atoms with van der Waals surface area (Å²) < 4.78 is 0. The number of rotatable bonds is 17. The lowest BCUT2D eigenvalue weighted by molar-refractivity contribution is -0.144. The fourth-order valence-electron chi connectivity index (χ4n) is 3.39. The molecule has 0 fully saturated rings. The van der Waals surface area contributed by atoms with Crippen molar-refractivity contribution in [2.75, 3.05) is 6.54 Å². The van der Waals surface area contributed by atoms with Crippen LogP contribution < -0.4 is 44.6 Å². The molecule has 4 unspecified atom stereocenters. The molecule has 220 valence electrons. The van der Waals surface area contributed by atoms with E-state index in [2.05, 4.69) is 15.6 Å². The van der Waals surface area contributed by atoms with Crippen LogP contribution in [0.5, 0.6) is 5.75 Å². The van der Waals surface area contributed by atoms with Gasteiger partial charge in [0.05, 0.1) is 18.9 Å². The molecule has 0 heterocycles. The van der Waals surface area contributed by atoms with E-state index in [1.807, 2.05) is 5.32 Å². The Balaban J connectivity index is 3.06. The minimum Gasteiger partial charge on any atom is -0.508 e. The number of hydrogen-bond donors (Lipinski definition) is 10. The first-order valence-electron chi connectivity index (χ1n) is 12.0. The van der Waals surface area contributed by atoms with Crippen LogP contribution in [0.25, 0.3) is 0 Å². The molecule has 40 heavy (non-hydrogen) atoms. The smallest absolute Gasteiger partial charge is 0.326 e. The summed E-state index contributed by atoms with van der Waals surface area (Å²) in [6, 6.07) is 0.205. The van der Waals surface area contributed by atoms with Crippen molar-refractivity contribution < 1.29 is 39.0 Å². The lowest BCUT2D eigenvalue weighted by atomic mass is 10.0. The zero-order chi connectivity index (χ0) is 30.4. The number of carbonyl (C=O) groups excluding carboxylic acids is 5. The maximum absolute atomic E-state index is 13.1. The molecule has 17 nitrogen and oxygen atoms in total. The number of hydrogen-bond acceptors (Lipinski definition) is 9. The zero-order valence-electron chi connectivity index (χ0n) is 21.5. The number of phenolic OH excluding ortho intramolecular Hbond substituents is 1. The number of nitrogens with two attached hydrogens (primary N) is 5. The van der Waals surface area contributed by atoms with Gasteiger partial charge in [-0.2, -0.15) is 0 Å². The van der Waals surface area contributed by atoms with Crippen molar-refractivity contribution in [2.45, 2.75) is 56.3 Å². The van der Waals surface area contributed by atoms with Gasteiger partial charge >= 0.3 is 5.97 Å². The van der Waals surface area contributed by atoms with Crippen LogP contribution in [0.15, 0.2) is 29.3 Å². The monoisotopic (exact) mass is 565 g/mol. The Morgan fingerprint density at radius 3 is 1.80 bits per heavy atom. The van der Waals surface area contributed by atoms with E-state index in [4.69, 9.17) is 28.7 Å². The Bertz CT molecular complexity index is 1110. The van der Waals surface area contributed by atoms with Gasteiger partial charge in [0.1, 0.15) is 23.9 Å². The largest absolute Gasteiger partial charge is 0.508 e. The number of aromatic hydroxyl groups is 1. The number of benzene rings is 1. The van der Waals surface area contributed by atoms with E-state index in [9.17, 15) is 39.0 Å². The normalized spacial score (nSPS) is 13.5. The summed E-state index contributed by atoms with van der Waals surface area (Å²) in [5.74, 6) is -6.54. The van der Waals surface area contributed by atoms with Crippen molar-refractivity contribution in [2.24, 2.45) is 33.7 Å². The van der Waals surface area contributed by atoms with Crippen molar-refractivity contribution in [3.8, 4) is 5.75 Å². The molecule has 0 radical (unpaired) electrons. The summed E-state index contributed by atoms with van der Waals surface area (Å²) in [5, 5.41) is 25.4. The van der Waals surface area contributed by atoms with Gasteiger partial charge < -0.3 is 54.8 Å². The molecule has 0 saturated heterocycles. The van der Waals surface area contributed by atoms with Crippen LogP contribution in [0.3, 0.4) is 0 Å². The molecule has 0 bridgehead atoms. The van der Waals surface area contributed by atoms with Gasteiger partial charge in [0.15, 0.2) is 5.96 Å². The Morgan fingerprint density at radius 2 is 1.27 bits per heavy atom. The van der Waals surface area contributed by atoms with Crippen molar-refractivity contribution in [1.29, 1.82) is 0 Å². The quantitative estimate of drug-likeness (QED) is 0.0488. The van der Waals surface area contributed by atoms with E-state index in [1.54, 1.807) is 12.1 Å². The summed E-state index contributed by atoms with van der Waals surface area (Å²) in [6.07, 6.45) is -1.23. The van der Waals surface area contributed by atoms with Crippen LogP contribution in [0.4, 0.5) is 0 Å². The lowest BCUT2D eigenvalue weighted by Gasteiger charge is -2.24. The van der Waals surface area contributed by atoms with E-state index in [-0.39, 0.29) is 37.5 Å². The molecule has 0 aliphatic rings. The predicted molar refractivity (Wildman–Crippen MR) is 141 cm³/mol. The molecular formula is C23H35N9O8. The second-order valence-corrected chi connectivity index (χ2v) is 8.79. The van der Waals surface area contributed by atoms with Crippen molar-refractivity contribution >= 4 is 41.5 Å². The molecule has 0 spiro atoms. The number of primary amides is 2. The number of aliphatic imine (C=N–C) groups is 1. The van der Waals surface area contributed by atoms with E-state index in [1.165, 1.54) is 12.1 Å². The molecule has 1 rings (SSSR count). The average molecular weight is 566 g/mol. The third-order valence-electron chi connectivity index (χ3n) is 5.37. The van der Waals surface area contributed by atoms with Gasteiger partial charge in [0.2, 0.25) is 29.5 Å². The molecule has 15 N–H and O–H groups in total. The highest BCUT2D eigenvalue weighted by Crippen LogP contribution is 2.11. The molecule has 1 aromatic rings. The van der Waals surface area contributed by atoms with Crippen LogP contribution >= 0.6 is 0 Å². The van der Waals surface area contributed by atoms with E-state index in [0.717, 1.165) is 0 Å². The number of carbonyl (C=O) groups is 6. The second-order valence-electron chi connectivity index (χ2n) is 8.79. The molecule has 0 aliphatic heterocycles. The number of phenols is 1. The van der Waals surface area contributed by atoms with Crippen LogP contribution in [0.2, 0.25) is 0 Å². The second kappa shape index (κ2) is 16.1. The topological polar surface area (TPSA) is 321 Å². The summed E-state index contributed by atoms with van der Waals surface area (Å²) in [6.45, 7) is 0.0974. The van der Waals surface area contributed by atoms with Crippen LogP contribution in [-0.4, -0.2) is 82.4 Å². The highest BCUT2D eigenvalue weighted by atomic mass is 16.4. The first-order valence-corrected chi connectivity index (χ1v) is 12.0. The SMILES string of the molecule is NC(=O)CC(NC(=O)C(CC(N)=O)NC(=O)C(CCCN=C(N)N)NC(=O)C(N)Cc1ccc(O)cc1)C(=O)O. The van der Waals surface area contributed by atoms with Crippen LogP contribution in [0.1, 0.15) is 31.2 Å². The molecule has 0 aliphatic carbocycles. The van der Waals surface area contributed by atoms with Crippen molar-refractivity contribution in [3.63, 3.8) is 0 Å². The number of amides is 5. The number of aliphatic carboxylic acids is 1. The Morgan fingerprint density at radius 1 is 0.775 bits per heavy atom. The highest BCUT2D eigenvalue weighted by Gasteiger charge is 2.31. The molecule has 4 atom stereocenters. The number of carboxylic acid groups (broad SMARTS) is 1. The van der Waals surface area contributed by atoms with Crippen LogP contribution in [-0.2, 0) is 35.2 Å². The third kappa shape index (κ3) is 12.5. The number of carboxylic acids is 1. The predicted octanol–water partition coefficient (Wildman–Crippen LogP) is -4.39. The molecule has 1 aromatic carbocycles. The number of nitrogens with one attached hydrogen (secondary N) is 3.